The van der Waals surface area contributed by atoms with Gasteiger partial charge in [-0.15, -0.1) is 0 Å². The number of hydrogen-bond donors (Lipinski definition) is 0. The Hall–Kier alpha value is -1.69. The second-order valence-electron chi connectivity index (χ2n) is 21.1. The van der Waals surface area contributed by atoms with E-state index < -0.39 is 0 Å². The molecule has 342 valence electrons. The average molecular weight is 831 g/mol. The van der Waals surface area contributed by atoms with Crippen molar-refractivity contribution in [3.8, 4) is 0 Å². The molecule has 60 heavy (non-hydrogen) atoms. The normalized spacial score (nSPS) is 28.9. The maximum absolute atomic E-state index is 6.61. The lowest BCUT2D eigenvalue weighted by atomic mass is 9.47. The third-order valence-corrected chi connectivity index (χ3v) is 16.3. The van der Waals surface area contributed by atoms with Crippen LogP contribution in [0.25, 0.3) is 0 Å². The van der Waals surface area contributed by atoms with Gasteiger partial charge >= 0.3 is 0 Å². The molecule has 9 atom stereocenters. The Morgan fingerprint density at radius 2 is 1.53 bits per heavy atom. The van der Waals surface area contributed by atoms with E-state index in [0.717, 1.165) is 94.0 Å². The van der Waals surface area contributed by atoms with Crippen LogP contribution in [0.15, 0.2) is 54.7 Å². The summed E-state index contributed by atoms with van der Waals surface area (Å²) in [6.07, 6.45) is 50.8. The molecule has 1 aromatic rings. The largest absolute Gasteiger partial charge is 0.379 e. The van der Waals surface area contributed by atoms with Crippen molar-refractivity contribution in [2.45, 2.75) is 221 Å². The fourth-order valence-corrected chi connectivity index (χ4v) is 12.7. The predicted octanol–water partition coefficient (Wildman–Crippen LogP) is 15.3. The molecule has 0 bridgehead atoms. The van der Waals surface area contributed by atoms with Gasteiger partial charge in [-0.25, -0.2) is 4.98 Å². The van der Waals surface area contributed by atoms with Crippen LogP contribution in [0.5, 0.6) is 0 Å². The Morgan fingerprint density at radius 3 is 2.30 bits per heavy atom. The minimum atomic E-state index is 0.0497. The van der Waals surface area contributed by atoms with E-state index in [1.807, 2.05) is 18.7 Å². The first-order chi connectivity index (χ1) is 29.2. The molecule has 5 nitrogen and oxygen atoms in total. The van der Waals surface area contributed by atoms with Crippen LogP contribution >= 0.6 is 0 Å². The van der Waals surface area contributed by atoms with Crippen molar-refractivity contribution in [2.75, 3.05) is 26.4 Å². The van der Waals surface area contributed by atoms with E-state index in [2.05, 4.69) is 81.5 Å². The first kappa shape index (κ1) is 49.3. The quantitative estimate of drug-likeness (QED) is 0.0552. The zero-order valence-electron chi connectivity index (χ0n) is 40.1. The third kappa shape index (κ3) is 15.2. The fourth-order valence-electron chi connectivity index (χ4n) is 12.7. The molecule has 1 aromatic heterocycles. The van der Waals surface area contributed by atoms with E-state index >= 15 is 0 Å². The molecular weight excluding hydrogens is 737 g/mol. The summed E-state index contributed by atoms with van der Waals surface area (Å²) in [5.41, 5.74) is 2.72. The minimum Gasteiger partial charge on any atom is -0.379 e. The number of imidazole rings is 1. The van der Waals surface area contributed by atoms with E-state index in [9.17, 15) is 0 Å². The smallest absolute Gasteiger partial charge is 0.0987 e. The van der Waals surface area contributed by atoms with Gasteiger partial charge in [0.15, 0.2) is 0 Å². The van der Waals surface area contributed by atoms with Crippen molar-refractivity contribution in [1.82, 2.24) is 9.55 Å². The van der Waals surface area contributed by atoms with Gasteiger partial charge < -0.3 is 18.8 Å². The fraction of sp³-hybridized carbons (Fsp3) is 0.836. The van der Waals surface area contributed by atoms with E-state index in [-0.39, 0.29) is 6.10 Å². The summed E-state index contributed by atoms with van der Waals surface area (Å²) >= 11 is 0. The summed E-state index contributed by atoms with van der Waals surface area (Å²) in [5.74, 6) is 5.39. The molecule has 0 spiro atoms. The van der Waals surface area contributed by atoms with Crippen LogP contribution in [0, 0.1) is 46.3 Å². The number of unbranched alkanes of at least 4 members (excludes halogenated alkanes) is 10. The number of fused-ring (bicyclic) bond motifs is 5. The van der Waals surface area contributed by atoms with Crippen LogP contribution < -0.4 is 0 Å². The highest BCUT2D eigenvalue weighted by Gasteiger charge is 2.59. The zero-order chi connectivity index (χ0) is 42.5. The van der Waals surface area contributed by atoms with E-state index in [0.29, 0.717) is 23.5 Å². The number of aromatic nitrogens is 2. The molecular formula is C55H94N2O3. The summed E-state index contributed by atoms with van der Waals surface area (Å²) < 4.78 is 21.3. The van der Waals surface area contributed by atoms with Crippen molar-refractivity contribution in [3.05, 3.63) is 54.7 Å². The zero-order valence-corrected chi connectivity index (χ0v) is 40.1. The number of ether oxygens (including phenoxy) is 3. The Bertz CT molecular complexity index is 1370. The summed E-state index contributed by atoms with van der Waals surface area (Å²) in [5, 5.41) is 0. The molecule has 0 N–H and O–H groups in total. The number of allylic oxidation sites excluding steroid dienone is 5. The first-order valence-electron chi connectivity index (χ1n) is 26.0. The maximum Gasteiger partial charge on any atom is 0.0987 e. The van der Waals surface area contributed by atoms with Gasteiger partial charge in [0, 0.05) is 32.2 Å². The van der Waals surface area contributed by atoms with Crippen molar-refractivity contribution in [3.63, 3.8) is 0 Å². The second-order valence-corrected chi connectivity index (χ2v) is 21.1. The molecule has 0 amide bonds. The van der Waals surface area contributed by atoms with Gasteiger partial charge in [-0.2, -0.15) is 0 Å². The Labute approximate surface area is 370 Å². The highest BCUT2D eigenvalue weighted by atomic mass is 16.5. The lowest BCUT2D eigenvalue weighted by Crippen LogP contribution is -2.51. The van der Waals surface area contributed by atoms with Crippen LogP contribution in [-0.2, 0) is 20.8 Å². The minimum absolute atomic E-state index is 0.0497. The molecule has 1 heterocycles. The summed E-state index contributed by atoms with van der Waals surface area (Å²) in [6, 6.07) is 0. The van der Waals surface area contributed by atoms with Crippen molar-refractivity contribution < 1.29 is 14.2 Å². The lowest BCUT2D eigenvalue weighted by Gasteiger charge is -2.58. The van der Waals surface area contributed by atoms with Crippen LogP contribution in [0.2, 0.25) is 0 Å². The van der Waals surface area contributed by atoms with Gasteiger partial charge in [-0.3, -0.25) is 0 Å². The lowest BCUT2D eigenvalue weighted by molar-refractivity contribution is -0.0648. The standard InChI is InChI=1S/C55H94N2O3/c1-7-8-9-10-11-12-13-14-15-16-17-18-19-20-21-22-38-58-43-49(42-57-37-36-56-44-57)60-40-24-23-39-59-48-32-34-54(5)47(41-48)28-29-50-52-31-30-51(46(4)27-25-26-45(2)3)55(52,6)35-33-53(50)54/h11-12,14-15,28,36-37,44-46,48-53H,7-10,13,16-27,29-35,38-43H2,1-6H3/b12-11-,15-14-/t46?,48-,49?,50?,51?,52?,53?,54-,55+/m0/s1. The highest BCUT2D eigenvalue weighted by molar-refractivity contribution is 5.25. The van der Waals surface area contributed by atoms with Gasteiger partial charge in [0.05, 0.1) is 31.7 Å². The van der Waals surface area contributed by atoms with Crippen LogP contribution in [0.3, 0.4) is 0 Å². The Morgan fingerprint density at radius 1 is 0.783 bits per heavy atom. The van der Waals surface area contributed by atoms with Gasteiger partial charge in [0.1, 0.15) is 0 Å². The predicted molar refractivity (Wildman–Crippen MR) is 254 cm³/mol. The Kier molecular flexibility index (Phi) is 22.1. The molecule has 3 saturated carbocycles. The maximum atomic E-state index is 6.61. The molecule has 5 heteroatoms. The summed E-state index contributed by atoms with van der Waals surface area (Å²) in [6.45, 7) is 18.9. The van der Waals surface area contributed by atoms with Crippen molar-refractivity contribution in [2.24, 2.45) is 46.3 Å². The van der Waals surface area contributed by atoms with E-state index in [1.54, 1.807) is 5.57 Å². The number of rotatable bonds is 31. The summed E-state index contributed by atoms with van der Waals surface area (Å²) in [4.78, 5) is 4.25. The molecule has 0 radical (unpaired) electrons. The van der Waals surface area contributed by atoms with Crippen molar-refractivity contribution >= 4 is 0 Å². The average Bonchev–Trinajstić information content (AvgIpc) is 3.88. The molecule has 6 unspecified atom stereocenters. The summed E-state index contributed by atoms with van der Waals surface area (Å²) in [7, 11) is 0. The van der Waals surface area contributed by atoms with Gasteiger partial charge in [-0.05, 0) is 149 Å². The number of nitrogens with zero attached hydrogens (tertiary/aromatic N) is 2. The van der Waals surface area contributed by atoms with Crippen LogP contribution in [-0.4, -0.2) is 48.2 Å². The van der Waals surface area contributed by atoms with E-state index in [4.69, 9.17) is 14.2 Å². The van der Waals surface area contributed by atoms with Gasteiger partial charge in [-0.1, -0.05) is 135 Å². The molecule has 4 aliphatic carbocycles. The van der Waals surface area contributed by atoms with Crippen molar-refractivity contribution in [1.29, 1.82) is 0 Å². The molecule has 5 rings (SSSR count). The van der Waals surface area contributed by atoms with Crippen LogP contribution in [0.1, 0.15) is 202 Å². The van der Waals surface area contributed by atoms with E-state index in [1.165, 1.54) is 128 Å². The molecule has 3 fully saturated rings. The first-order valence-corrected chi connectivity index (χ1v) is 26.0. The monoisotopic (exact) mass is 831 g/mol. The molecule has 0 aliphatic heterocycles. The topological polar surface area (TPSA) is 45.5 Å². The third-order valence-electron chi connectivity index (χ3n) is 16.3. The highest BCUT2D eigenvalue weighted by Crippen LogP contribution is 2.67. The molecule has 4 aliphatic rings. The Balaban J connectivity index is 0.921. The molecule has 0 saturated heterocycles. The van der Waals surface area contributed by atoms with Gasteiger partial charge in [0.2, 0.25) is 0 Å². The second kappa shape index (κ2) is 26.8. The molecule has 0 aromatic carbocycles. The number of hydrogen-bond acceptors (Lipinski definition) is 4. The van der Waals surface area contributed by atoms with Crippen LogP contribution in [0.4, 0.5) is 0 Å². The van der Waals surface area contributed by atoms with Gasteiger partial charge in [0.25, 0.3) is 0 Å². The SMILES string of the molecule is CCCCC/C=C\C/C=C\CCCCCCCCOCC(Cn1ccnc1)OCCCCO[C@H]1CC[C@@]2(C)C(=CCC3C4CCC(C(C)CCCC(C)C)[C@@]4(C)CCC32)C1.